The lowest BCUT2D eigenvalue weighted by Gasteiger charge is -2.13. The van der Waals surface area contributed by atoms with Gasteiger partial charge in [0.2, 0.25) is 5.91 Å². The minimum atomic E-state index is -0.538. The van der Waals surface area contributed by atoms with Crippen LogP contribution in [0.2, 0.25) is 5.02 Å². The number of nitro groups is 1. The lowest BCUT2D eigenvalue weighted by atomic mass is 10.1. The van der Waals surface area contributed by atoms with Gasteiger partial charge in [0.05, 0.1) is 52.3 Å². The van der Waals surface area contributed by atoms with Crippen LogP contribution in [-0.4, -0.2) is 36.9 Å². The molecule has 2 aromatic rings. The second-order valence-corrected chi connectivity index (χ2v) is 6.36. The second kappa shape index (κ2) is 7.64. The van der Waals surface area contributed by atoms with Gasteiger partial charge in [-0.2, -0.15) is 9.78 Å². The van der Waals surface area contributed by atoms with Crippen LogP contribution >= 0.6 is 11.6 Å². The number of nitrogens with zero attached hydrogens (tertiary/aromatic N) is 5. The topological polar surface area (TPSA) is 108 Å². The Morgan fingerprint density at radius 2 is 2.04 bits per heavy atom. The fraction of sp³-hybridized carbons (Fsp3) is 0.533. The first-order chi connectivity index (χ1) is 11.7. The van der Waals surface area contributed by atoms with E-state index in [0.717, 1.165) is 11.4 Å². The molecule has 2 heterocycles. The van der Waals surface area contributed by atoms with Crippen LogP contribution in [0.25, 0.3) is 0 Å². The van der Waals surface area contributed by atoms with E-state index in [-0.39, 0.29) is 17.6 Å². The normalized spacial score (nSPS) is 12.2. The summed E-state index contributed by atoms with van der Waals surface area (Å²) in [6.07, 6.45) is 0. The summed E-state index contributed by atoms with van der Waals surface area (Å²) in [4.78, 5) is 22.4. The fourth-order valence-electron chi connectivity index (χ4n) is 2.46. The molecule has 1 N–H and O–H groups in total. The number of hydrogen-bond acceptors (Lipinski definition) is 5. The van der Waals surface area contributed by atoms with Crippen molar-refractivity contribution in [2.75, 3.05) is 6.54 Å². The molecule has 136 valence electrons. The van der Waals surface area contributed by atoms with Crippen molar-refractivity contribution in [1.82, 2.24) is 24.9 Å². The second-order valence-electron chi connectivity index (χ2n) is 5.98. The standard InChI is InChI=1S/C15H21ClN6O3/c1-9(8-21-12(4)14(16)11(3)18-21)15(23)17-5-6-20-10(2)7-13(19-20)22(24)25/h7,9H,5-6,8H2,1-4H3,(H,17,23). The molecule has 2 rings (SSSR count). The SMILES string of the molecule is Cc1nn(CC(C)C(=O)NCCn2nc([N+](=O)[O-])cc2C)c(C)c1Cl. The Labute approximate surface area is 150 Å². The monoisotopic (exact) mass is 368 g/mol. The first-order valence-corrected chi connectivity index (χ1v) is 8.24. The molecule has 10 heteroatoms. The third-order valence-electron chi connectivity index (χ3n) is 3.97. The summed E-state index contributed by atoms with van der Waals surface area (Å²) in [5, 5.41) is 22.3. The molecule has 0 bridgehead atoms. The van der Waals surface area contributed by atoms with E-state index >= 15 is 0 Å². The number of hydrogen-bond donors (Lipinski definition) is 1. The van der Waals surface area contributed by atoms with Gasteiger partial charge in [-0.05, 0) is 25.7 Å². The Bertz CT molecular complexity index is 798. The molecule has 1 amide bonds. The largest absolute Gasteiger partial charge is 0.390 e. The van der Waals surface area contributed by atoms with Crippen LogP contribution in [-0.2, 0) is 17.9 Å². The predicted molar refractivity (Wildman–Crippen MR) is 92.5 cm³/mol. The molecule has 0 aliphatic carbocycles. The zero-order chi connectivity index (χ0) is 18.7. The van der Waals surface area contributed by atoms with Crippen molar-refractivity contribution < 1.29 is 9.72 Å². The molecule has 1 atom stereocenters. The molecule has 0 aromatic carbocycles. The smallest absolute Gasteiger partial charge is 0.358 e. The van der Waals surface area contributed by atoms with Crippen LogP contribution < -0.4 is 5.32 Å². The number of nitrogens with one attached hydrogen (secondary N) is 1. The summed E-state index contributed by atoms with van der Waals surface area (Å²) in [6, 6.07) is 1.40. The maximum absolute atomic E-state index is 12.2. The third kappa shape index (κ3) is 4.36. The quantitative estimate of drug-likeness (QED) is 0.594. The predicted octanol–water partition coefficient (Wildman–Crippen LogP) is 2.02. The number of aromatic nitrogens is 4. The highest BCUT2D eigenvalue weighted by Crippen LogP contribution is 2.19. The number of carbonyl (C=O) groups is 1. The summed E-state index contributed by atoms with van der Waals surface area (Å²) < 4.78 is 3.23. The van der Waals surface area contributed by atoms with Crippen molar-refractivity contribution >= 4 is 23.3 Å². The average Bonchev–Trinajstić information content (AvgIpc) is 3.03. The summed E-state index contributed by atoms with van der Waals surface area (Å²) in [5.41, 5.74) is 2.24. The van der Waals surface area contributed by atoms with Crippen molar-refractivity contribution in [1.29, 1.82) is 0 Å². The fourth-order valence-corrected chi connectivity index (χ4v) is 2.60. The zero-order valence-electron chi connectivity index (χ0n) is 14.6. The number of amides is 1. The van der Waals surface area contributed by atoms with Crippen molar-refractivity contribution in [2.24, 2.45) is 5.92 Å². The number of rotatable bonds is 7. The van der Waals surface area contributed by atoms with E-state index < -0.39 is 4.92 Å². The summed E-state index contributed by atoms with van der Waals surface area (Å²) in [7, 11) is 0. The summed E-state index contributed by atoms with van der Waals surface area (Å²) >= 11 is 6.11. The van der Waals surface area contributed by atoms with Gasteiger partial charge in [0.25, 0.3) is 0 Å². The molecule has 0 spiro atoms. The Hall–Kier alpha value is -2.42. The minimum Gasteiger partial charge on any atom is -0.358 e. The number of aryl methyl sites for hydroxylation is 2. The Balaban J connectivity index is 1.87. The molecule has 25 heavy (non-hydrogen) atoms. The maximum atomic E-state index is 12.2. The summed E-state index contributed by atoms with van der Waals surface area (Å²) in [6.45, 7) is 8.35. The third-order valence-corrected chi connectivity index (χ3v) is 4.51. The van der Waals surface area contributed by atoms with E-state index in [9.17, 15) is 14.9 Å². The van der Waals surface area contributed by atoms with Crippen LogP contribution in [0.3, 0.4) is 0 Å². The molecule has 0 saturated carbocycles. The van der Waals surface area contributed by atoms with E-state index in [0.29, 0.717) is 30.4 Å². The van der Waals surface area contributed by atoms with E-state index in [1.807, 2.05) is 20.8 Å². The van der Waals surface area contributed by atoms with Gasteiger partial charge in [0, 0.05) is 6.54 Å². The van der Waals surface area contributed by atoms with Gasteiger partial charge in [-0.15, -0.1) is 0 Å². The van der Waals surface area contributed by atoms with E-state index in [1.54, 1.807) is 11.6 Å². The van der Waals surface area contributed by atoms with Gasteiger partial charge >= 0.3 is 5.82 Å². The van der Waals surface area contributed by atoms with Crippen molar-refractivity contribution in [3.63, 3.8) is 0 Å². The van der Waals surface area contributed by atoms with Crippen molar-refractivity contribution in [3.8, 4) is 0 Å². The molecule has 0 saturated heterocycles. The van der Waals surface area contributed by atoms with Crippen molar-refractivity contribution in [3.05, 3.63) is 38.3 Å². The van der Waals surface area contributed by atoms with Crippen LogP contribution in [0.1, 0.15) is 24.0 Å². The molecular weight excluding hydrogens is 348 g/mol. The first kappa shape index (κ1) is 18.9. The van der Waals surface area contributed by atoms with Gasteiger partial charge in [-0.3, -0.25) is 9.48 Å². The van der Waals surface area contributed by atoms with Crippen LogP contribution in [0.15, 0.2) is 6.07 Å². The molecule has 2 aromatic heterocycles. The Morgan fingerprint density at radius 1 is 1.36 bits per heavy atom. The maximum Gasteiger partial charge on any atom is 0.390 e. The minimum absolute atomic E-state index is 0.122. The van der Waals surface area contributed by atoms with Gasteiger partial charge in [-0.1, -0.05) is 18.5 Å². The van der Waals surface area contributed by atoms with Crippen LogP contribution in [0.5, 0.6) is 0 Å². The molecule has 0 radical (unpaired) electrons. The molecule has 0 aliphatic rings. The molecule has 9 nitrogen and oxygen atoms in total. The average molecular weight is 369 g/mol. The van der Waals surface area contributed by atoms with E-state index in [4.69, 9.17) is 11.6 Å². The first-order valence-electron chi connectivity index (χ1n) is 7.86. The van der Waals surface area contributed by atoms with Crippen LogP contribution in [0, 0.1) is 36.8 Å². The Kier molecular flexibility index (Phi) is 5.78. The van der Waals surface area contributed by atoms with Gasteiger partial charge < -0.3 is 15.4 Å². The highest BCUT2D eigenvalue weighted by Gasteiger charge is 2.18. The number of halogens is 1. The molecule has 1 unspecified atom stereocenters. The number of carbonyl (C=O) groups excluding carboxylic acids is 1. The van der Waals surface area contributed by atoms with E-state index in [2.05, 4.69) is 15.5 Å². The summed E-state index contributed by atoms with van der Waals surface area (Å²) in [5.74, 6) is -0.608. The highest BCUT2D eigenvalue weighted by atomic mass is 35.5. The van der Waals surface area contributed by atoms with Crippen LogP contribution in [0.4, 0.5) is 5.82 Å². The lowest BCUT2D eigenvalue weighted by Crippen LogP contribution is -2.34. The zero-order valence-corrected chi connectivity index (χ0v) is 15.4. The van der Waals surface area contributed by atoms with Gasteiger partial charge in [-0.25, -0.2) is 0 Å². The lowest BCUT2D eigenvalue weighted by molar-refractivity contribution is -0.389. The van der Waals surface area contributed by atoms with Crippen molar-refractivity contribution in [2.45, 2.75) is 40.8 Å². The Morgan fingerprint density at radius 3 is 2.56 bits per heavy atom. The molecule has 0 fully saturated rings. The van der Waals surface area contributed by atoms with Gasteiger partial charge in [0.15, 0.2) is 0 Å². The van der Waals surface area contributed by atoms with Gasteiger partial charge in [0.1, 0.15) is 0 Å². The molecular formula is C15H21ClN6O3. The molecule has 0 aliphatic heterocycles. The highest BCUT2D eigenvalue weighted by molar-refractivity contribution is 6.31. The van der Waals surface area contributed by atoms with E-state index in [1.165, 1.54) is 10.7 Å².